The number of hydrogen-bond acceptors (Lipinski definition) is 2. The smallest absolute Gasteiger partial charge is 0.143 e. The molecule has 0 radical (unpaired) electrons. The lowest BCUT2D eigenvalue weighted by molar-refractivity contribution is 0.667. The van der Waals surface area contributed by atoms with Crippen LogP contribution in [0.2, 0.25) is 0 Å². The Balaban J connectivity index is 0.976. The van der Waals surface area contributed by atoms with Gasteiger partial charge in [0.2, 0.25) is 0 Å². The van der Waals surface area contributed by atoms with Crippen molar-refractivity contribution in [1.29, 1.82) is 0 Å². The Bertz CT molecular complexity index is 3460. The lowest BCUT2D eigenvalue weighted by Gasteiger charge is -2.37. The number of para-hydroxylation sites is 1. The lowest BCUT2D eigenvalue weighted by atomic mass is 9.90. The van der Waals surface area contributed by atoms with Crippen LogP contribution in [0.4, 0.5) is 5.69 Å². The van der Waals surface area contributed by atoms with Crippen LogP contribution in [-0.2, 0) is 0 Å². The molecule has 9 aromatic carbocycles. The first-order valence-corrected chi connectivity index (χ1v) is 21.2. The van der Waals surface area contributed by atoms with E-state index in [4.69, 9.17) is 4.42 Å². The fourth-order valence-electron chi connectivity index (χ4n) is 9.88. The van der Waals surface area contributed by atoms with Gasteiger partial charge in [-0.05, 0) is 115 Å². The summed E-state index contributed by atoms with van der Waals surface area (Å²) in [5.41, 5.74) is 11.7. The van der Waals surface area contributed by atoms with E-state index in [1.807, 2.05) is 0 Å². The Morgan fingerprint density at radius 1 is 0.483 bits per heavy atom. The summed E-state index contributed by atoms with van der Waals surface area (Å²) in [5.74, 6) is 0. The van der Waals surface area contributed by atoms with E-state index in [9.17, 15) is 0 Å². The molecule has 0 N–H and O–H groups in total. The van der Waals surface area contributed by atoms with Gasteiger partial charge in [-0.15, -0.1) is 0 Å². The van der Waals surface area contributed by atoms with Crippen molar-refractivity contribution < 1.29 is 4.42 Å². The van der Waals surface area contributed by atoms with Crippen LogP contribution in [0.5, 0.6) is 0 Å². The normalized spacial score (nSPS) is 15.5. The van der Waals surface area contributed by atoms with E-state index in [-0.39, 0.29) is 6.04 Å². The van der Waals surface area contributed by atoms with Crippen molar-refractivity contribution in [3.63, 3.8) is 0 Å². The molecule has 1 aromatic heterocycles. The Kier molecular flexibility index (Phi) is 8.16. The van der Waals surface area contributed by atoms with Crippen LogP contribution in [0.15, 0.2) is 216 Å². The second-order valence-electron chi connectivity index (χ2n) is 16.3. The monoisotopic (exact) mass is 767 g/mol. The van der Waals surface area contributed by atoms with Gasteiger partial charge >= 0.3 is 0 Å². The van der Waals surface area contributed by atoms with Gasteiger partial charge in [-0.2, -0.15) is 0 Å². The summed E-state index contributed by atoms with van der Waals surface area (Å²) in [6.07, 6.45) is 14.7. The molecule has 2 aliphatic rings. The molecular weight excluding hydrogens is 727 g/mol. The van der Waals surface area contributed by atoms with Gasteiger partial charge in [0.25, 0.3) is 0 Å². The number of hydrogen-bond donors (Lipinski definition) is 0. The minimum atomic E-state index is 0.123. The zero-order valence-corrected chi connectivity index (χ0v) is 33.2. The molecule has 2 nitrogen and oxygen atoms in total. The van der Waals surface area contributed by atoms with E-state index in [1.54, 1.807) is 0 Å². The molecule has 0 fully saturated rings. The number of furan rings is 1. The van der Waals surface area contributed by atoms with E-state index in [0.717, 1.165) is 46.8 Å². The third kappa shape index (κ3) is 5.79. The summed E-state index contributed by atoms with van der Waals surface area (Å²) >= 11 is 0. The van der Waals surface area contributed by atoms with Crippen LogP contribution >= 0.6 is 0 Å². The molecule has 0 aliphatic heterocycles. The van der Waals surface area contributed by atoms with E-state index in [1.165, 1.54) is 82.3 Å². The predicted molar refractivity (Wildman–Crippen MR) is 255 cm³/mol. The number of nitrogens with zero attached hydrogens (tertiary/aromatic N) is 1. The summed E-state index contributed by atoms with van der Waals surface area (Å²) in [7, 11) is 0. The molecule has 1 atom stereocenters. The van der Waals surface area contributed by atoms with Gasteiger partial charge < -0.3 is 9.32 Å². The van der Waals surface area contributed by atoms with Crippen molar-refractivity contribution in [3.05, 3.63) is 223 Å². The van der Waals surface area contributed by atoms with Crippen molar-refractivity contribution in [2.24, 2.45) is 0 Å². The Morgan fingerprint density at radius 3 is 1.98 bits per heavy atom. The number of anilines is 1. The second-order valence-corrected chi connectivity index (χ2v) is 16.3. The third-order valence-electron chi connectivity index (χ3n) is 12.8. The molecule has 2 heteroatoms. The summed E-state index contributed by atoms with van der Waals surface area (Å²) in [4.78, 5) is 2.61. The molecule has 0 amide bonds. The van der Waals surface area contributed by atoms with Crippen molar-refractivity contribution >= 4 is 81.9 Å². The van der Waals surface area contributed by atoms with E-state index < -0.39 is 0 Å². The quantitative estimate of drug-likeness (QED) is 0.157. The van der Waals surface area contributed by atoms with E-state index >= 15 is 0 Å². The topological polar surface area (TPSA) is 16.4 Å². The zero-order valence-electron chi connectivity index (χ0n) is 33.2. The van der Waals surface area contributed by atoms with Gasteiger partial charge in [0.15, 0.2) is 0 Å². The first-order valence-electron chi connectivity index (χ1n) is 21.2. The second kappa shape index (κ2) is 14.1. The average molecular weight is 768 g/mol. The van der Waals surface area contributed by atoms with Crippen LogP contribution in [0.25, 0.3) is 87.3 Å². The van der Waals surface area contributed by atoms with Crippen molar-refractivity contribution in [2.45, 2.75) is 25.3 Å². The highest BCUT2D eigenvalue weighted by Crippen LogP contribution is 2.43. The molecule has 2 aliphatic carbocycles. The van der Waals surface area contributed by atoms with Crippen molar-refractivity contribution in [1.82, 2.24) is 0 Å². The maximum absolute atomic E-state index is 6.83. The third-order valence-corrected chi connectivity index (χ3v) is 12.8. The minimum Gasteiger partial charge on any atom is -0.455 e. The van der Waals surface area contributed by atoms with Gasteiger partial charge in [-0.25, -0.2) is 0 Å². The molecule has 284 valence electrons. The molecule has 0 spiro atoms. The lowest BCUT2D eigenvalue weighted by Crippen LogP contribution is -2.35. The molecule has 0 saturated heterocycles. The standard InChI is InChI=1S/C58H41NO/c1-2-14-43-37-57-55(36-42(43)13-1)54-21-10-20-53(58(54)60-57)52-18-7-8-22-56(52)59(47-32-27-41(28-33-47)50-19-9-15-39-11-3-5-16-48(39)50)46-30-25-38(26-31-46)44-29-34-51-45(35-44)24-23-40-12-4-6-17-49(40)51/h1-7,9-21,23-30,32-37,46H,8,22,31H2. The van der Waals surface area contributed by atoms with Crippen LogP contribution in [0, 0.1) is 0 Å². The highest BCUT2D eigenvalue weighted by Gasteiger charge is 2.27. The van der Waals surface area contributed by atoms with Crippen LogP contribution in [0.3, 0.4) is 0 Å². The number of fused-ring (bicyclic) bond motifs is 8. The average Bonchev–Trinajstić information content (AvgIpc) is 3.68. The fraction of sp³-hybridized carbons (Fsp3) is 0.0690. The van der Waals surface area contributed by atoms with Gasteiger partial charge in [0, 0.05) is 33.3 Å². The van der Waals surface area contributed by atoms with Crippen LogP contribution < -0.4 is 4.90 Å². The molecule has 0 bridgehead atoms. The Morgan fingerprint density at radius 2 is 1.15 bits per heavy atom. The van der Waals surface area contributed by atoms with Gasteiger partial charge in [-0.1, -0.05) is 176 Å². The predicted octanol–water partition coefficient (Wildman–Crippen LogP) is 15.8. The maximum Gasteiger partial charge on any atom is 0.143 e. The van der Waals surface area contributed by atoms with Crippen molar-refractivity contribution in [3.8, 4) is 11.1 Å². The van der Waals surface area contributed by atoms with Crippen molar-refractivity contribution in [2.75, 3.05) is 4.90 Å². The summed E-state index contributed by atoms with van der Waals surface area (Å²) in [5, 5.41) is 12.4. The number of benzene rings is 9. The van der Waals surface area contributed by atoms with E-state index in [2.05, 4.69) is 211 Å². The zero-order chi connectivity index (χ0) is 39.6. The first kappa shape index (κ1) is 34.6. The molecule has 12 rings (SSSR count). The maximum atomic E-state index is 6.83. The molecule has 60 heavy (non-hydrogen) atoms. The van der Waals surface area contributed by atoms with Crippen LogP contribution in [-0.4, -0.2) is 6.04 Å². The minimum absolute atomic E-state index is 0.123. The van der Waals surface area contributed by atoms with Crippen LogP contribution in [0.1, 0.15) is 30.4 Å². The molecule has 1 heterocycles. The number of rotatable bonds is 6. The first-order chi connectivity index (χ1) is 29.7. The summed E-state index contributed by atoms with van der Waals surface area (Å²) in [6.45, 7) is 0. The largest absolute Gasteiger partial charge is 0.455 e. The van der Waals surface area contributed by atoms with E-state index in [0.29, 0.717) is 0 Å². The SMILES string of the molecule is C1=CC(c2cccc3c2oc2cc4ccccc4cc23)=C(N(c2ccc(-c3cccc4ccccc34)cc2)C2C=CC(c3ccc4c(ccc5ccccc54)c3)=CC2)CC1. The molecule has 1 unspecified atom stereocenters. The molecule has 10 aromatic rings. The molecular formula is C58H41NO. The highest BCUT2D eigenvalue weighted by molar-refractivity contribution is 6.13. The van der Waals surface area contributed by atoms with Gasteiger partial charge in [-0.3, -0.25) is 0 Å². The van der Waals surface area contributed by atoms with Gasteiger partial charge in [0.05, 0.1) is 6.04 Å². The Hall–Kier alpha value is -7.42. The number of allylic oxidation sites excluding steroid dienone is 6. The summed E-state index contributed by atoms with van der Waals surface area (Å²) in [6, 6.07) is 64.4. The summed E-state index contributed by atoms with van der Waals surface area (Å²) < 4.78 is 6.83. The molecule has 0 saturated carbocycles. The Labute approximate surface area is 349 Å². The van der Waals surface area contributed by atoms with Gasteiger partial charge in [0.1, 0.15) is 11.2 Å². The highest BCUT2D eigenvalue weighted by atomic mass is 16.3. The fourth-order valence-corrected chi connectivity index (χ4v) is 9.88.